The number of aliphatic hydroxyl groups is 1. The average molecular weight is 586 g/mol. The predicted octanol–water partition coefficient (Wildman–Crippen LogP) is 5.33. The Morgan fingerprint density at radius 3 is 2.29 bits per heavy atom. The molecule has 2 N–H and O–H groups in total. The van der Waals surface area contributed by atoms with Crippen molar-refractivity contribution in [2.75, 3.05) is 13.6 Å². The Hall–Kier alpha value is -4.18. The summed E-state index contributed by atoms with van der Waals surface area (Å²) in [4.78, 5) is 13.5. The molecule has 2 aromatic heterocycles. The molecule has 3 aromatic carbocycles. The number of nitrogens with zero attached hydrogens (tertiary/aromatic N) is 2. The van der Waals surface area contributed by atoms with Crippen LogP contribution in [0.15, 0.2) is 94.9 Å². The van der Waals surface area contributed by atoms with Gasteiger partial charge in [-0.3, -0.25) is 4.79 Å². The molecule has 0 spiro atoms. The minimum atomic E-state index is -4.05. The fraction of sp³-hybridized carbons (Fsp3) is 0.242. The maximum absolute atomic E-state index is 13.7. The monoisotopic (exact) mass is 585 g/mol. The van der Waals surface area contributed by atoms with E-state index in [1.807, 2.05) is 44.3 Å². The zero-order chi connectivity index (χ0) is 30.2. The molecule has 0 bridgehead atoms. The Morgan fingerprint density at radius 2 is 1.64 bits per heavy atom. The Morgan fingerprint density at radius 1 is 0.952 bits per heavy atom. The molecule has 218 valence electrons. The van der Waals surface area contributed by atoms with Crippen LogP contribution in [0.2, 0.25) is 0 Å². The summed E-state index contributed by atoms with van der Waals surface area (Å²) in [5.41, 5.74) is 2.37. The predicted molar refractivity (Wildman–Crippen MR) is 166 cm³/mol. The molecule has 0 aliphatic carbocycles. The van der Waals surface area contributed by atoms with Crippen LogP contribution in [0.4, 0.5) is 0 Å². The number of fused-ring (bicyclic) bond motifs is 1. The summed E-state index contributed by atoms with van der Waals surface area (Å²) >= 11 is 0. The largest absolute Gasteiger partial charge is 0.457 e. The molecule has 0 aliphatic heterocycles. The summed E-state index contributed by atoms with van der Waals surface area (Å²) in [5.74, 6) is 1.13. The first kappa shape index (κ1) is 29.3. The smallest absolute Gasteiger partial charge is 0.275 e. The van der Waals surface area contributed by atoms with Crippen molar-refractivity contribution >= 4 is 20.9 Å². The van der Waals surface area contributed by atoms with Gasteiger partial charge in [-0.2, -0.15) is 0 Å². The molecule has 5 aromatic rings. The minimum Gasteiger partial charge on any atom is -0.457 e. The summed E-state index contributed by atoms with van der Waals surface area (Å²) in [5, 5.41) is 14.4. The minimum absolute atomic E-state index is 0.0315. The van der Waals surface area contributed by atoms with Crippen molar-refractivity contribution in [1.29, 1.82) is 0 Å². The molecule has 0 atom stereocenters. The van der Waals surface area contributed by atoms with Gasteiger partial charge in [-0.05, 0) is 94.4 Å². The van der Waals surface area contributed by atoms with E-state index in [0.29, 0.717) is 33.6 Å². The van der Waals surface area contributed by atoms with E-state index in [1.165, 1.54) is 28.5 Å². The number of ether oxygens (including phenoxy) is 1. The quantitative estimate of drug-likeness (QED) is 0.242. The van der Waals surface area contributed by atoms with Crippen LogP contribution in [-0.2, 0) is 29.1 Å². The summed E-state index contributed by atoms with van der Waals surface area (Å²) in [6.07, 6.45) is 3.97. The lowest BCUT2D eigenvalue weighted by molar-refractivity contribution is 0.0786. The number of benzene rings is 3. The van der Waals surface area contributed by atoms with E-state index in [0.717, 1.165) is 22.5 Å². The third-order valence-corrected chi connectivity index (χ3v) is 9.05. The summed E-state index contributed by atoms with van der Waals surface area (Å²) < 4.78 is 36.1. The molecule has 0 saturated carbocycles. The first-order chi connectivity index (χ1) is 19.9. The number of rotatable bonds is 9. The average Bonchev–Trinajstić information content (AvgIpc) is 3.41. The number of pyridine rings is 1. The van der Waals surface area contributed by atoms with Crippen LogP contribution in [0.3, 0.4) is 0 Å². The van der Waals surface area contributed by atoms with Crippen LogP contribution >= 0.6 is 0 Å². The normalized spacial score (nSPS) is 12.1. The van der Waals surface area contributed by atoms with Gasteiger partial charge in [0.1, 0.15) is 17.0 Å². The van der Waals surface area contributed by atoms with Gasteiger partial charge in [-0.25, -0.2) is 12.4 Å². The Kier molecular flexibility index (Phi) is 7.85. The van der Waals surface area contributed by atoms with Gasteiger partial charge in [0.05, 0.1) is 10.5 Å². The topological polar surface area (TPSA) is 103 Å². The lowest BCUT2D eigenvalue weighted by atomic mass is 9.93. The lowest BCUT2D eigenvalue weighted by Crippen LogP contribution is -2.22. The molecule has 0 fully saturated rings. The Bertz CT molecular complexity index is 1910. The SMILES string of the molecule is CNCCc1ccc(Oc2ccc(C(C)(C)O)cc2-c2cn(C)c(=O)c3c2ccn3S(=O)(=O)c2ccc(C)cc2)cc1. The van der Waals surface area contributed by atoms with Gasteiger partial charge >= 0.3 is 0 Å². The number of aryl methyl sites for hydroxylation is 2. The third kappa shape index (κ3) is 5.63. The standard InChI is InChI=1S/C33H35N3O5S/c1-22-6-13-26(14-7-22)42(39,40)36-19-17-27-29(21-35(5)32(37)31(27)36)28-20-24(33(2,3)38)10-15-30(28)41-25-11-8-23(9-12-25)16-18-34-4/h6-15,17,19-21,34,38H,16,18H2,1-5H3. The van der Waals surface area contributed by atoms with Gasteiger partial charge in [-0.1, -0.05) is 35.9 Å². The summed E-state index contributed by atoms with van der Waals surface area (Å²) in [6.45, 7) is 6.13. The van der Waals surface area contributed by atoms with Crippen molar-refractivity contribution in [3.63, 3.8) is 0 Å². The first-order valence-electron chi connectivity index (χ1n) is 13.7. The van der Waals surface area contributed by atoms with E-state index in [-0.39, 0.29) is 10.4 Å². The van der Waals surface area contributed by atoms with Gasteiger partial charge in [0.15, 0.2) is 0 Å². The molecule has 5 rings (SSSR count). The van der Waals surface area contributed by atoms with Crippen molar-refractivity contribution in [2.45, 2.75) is 37.7 Å². The van der Waals surface area contributed by atoms with Crippen molar-refractivity contribution in [2.24, 2.45) is 7.05 Å². The van der Waals surface area contributed by atoms with Crippen LogP contribution in [0, 0.1) is 6.92 Å². The second-order valence-electron chi connectivity index (χ2n) is 11.0. The van der Waals surface area contributed by atoms with Crippen molar-refractivity contribution in [3.05, 3.63) is 112 Å². The molecular formula is C33H35N3O5S. The first-order valence-corrected chi connectivity index (χ1v) is 15.2. The van der Waals surface area contributed by atoms with Crippen LogP contribution < -0.4 is 15.6 Å². The highest BCUT2D eigenvalue weighted by molar-refractivity contribution is 7.90. The van der Waals surface area contributed by atoms with E-state index in [4.69, 9.17) is 4.74 Å². The summed E-state index contributed by atoms with van der Waals surface area (Å²) in [7, 11) is -0.546. The highest BCUT2D eigenvalue weighted by Gasteiger charge is 2.25. The van der Waals surface area contributed by atoms with Gasteiger partial charge in [0.25, 0.3) is 15.6 Å². The Labute approximate surface area is 245 Å². The van der Waals surface area contributed by atoms with Gasteiger partial charge in [0, 0.05) is 36.0 Å². The Balaban J connectivity index is 1.69. The van der Waals surface area contributed by atoms with E-state index >= 15 is 0 Å². The fourth-order valence-corrected chi connectivity index (χ4v) is 6.24. The maximum Gasteiger partial charge on any atom is 0.275 e. The molecular weight excluding hydrogens is 550 g/mol. The van der Waals surface area contributed by atoms with Crippen LogP contribution in [-0.4, -0.2) is 35.7 Å². The molecule has 42 heavy (non-hydrogen) atoms. The van der Waals surface area contributed by atoms with Gasteiger partial charge < -0.3 is 19.7 Å². The number of nitrogens with one attached hydrogen (secondary N) is 1. The van der Waals surface area contributed by atoms with Crippen molar-refractivity contribution in [3.8, 4) is 22.6 Å². The number of likely N-dealkylation sites (N-methyl/N-ethyl adjacent to an activating group) is 1. The van der Waals surface area contributed by atoms with E-state index < -0.39 is 21.2 Å². The van der Waals surface area contributed by atoms with Crippen molar-refractivity contribution in [1.82, 2.24) is 13.9 Å². The third-order valence-electron chi connectivity index (χ3n) is 7.36. The second-order valence-corrected chi connectivity index (χ2v) is 12.8. The molecule has 8 nitrogen and oxygen atoms in total. The van der Waals surface area contributed by atoms with Crippen LogP contribution in [0.25, 0.3) is 22.0 Å². The fourth-order valence-electron chi connectivity index (χ4n) is 4.90. The summed E-state index contributed by atoms with van der Waals surface area (Å²) in [6, 6.07) is 21.4. The molecule has 0 radical (unpaired) electrons. The lowest BCUT2D eigenvalue weighted by Gasteiger charge is -2.21. The highest BCUT2D eigenvalue weighted by Crippen LogP contribution is 2.39. The number of hydrogen-bond acceptors (Lipinski definition) is 6. The molecule has 0 saturated heterocycles. The highest BCUT2D eigenvalue weighted by atomic mass is 32.2. The molecule has 9 heteroatoms. The van der Waals surface area contributed by atoms with E-state index in [9.17, 15) is 18.3 Å². The maximum atomic E-state index is 13.7. The van der Waals surface area contributed by atoms with Crippen molar-refractivity contribution < 1.29 is 18.3 Å². The molecule has 0 aliphatic rings. The second kappa shape index (κ2) is 11.2. The van der Waals surface area contributed by atoms with E-state index in [1.54, 1.807) is 57.4 Å². The zero-order valence-electron chi connectivity index (χ0n) is 24.4. The molecule has 2 heterocycles. The zero-order valence-corrected chi connectivity index (χ0v) is 25.2. The number of hydrogen-bond donors (Lipinski definition) is 2. The van der Waals surface area contributed by atoms with Crippen LogP contribution in [0.5, 0.6) is 11.5 Å². The number of aromatic nitrogens is 2. The molecule has 0 amide bonds. The van der Waals surface area contributed by atoms with E-state index in [2.05, 4.69) is 5.32 Å². The van der Waals surface area contributed by atoms with Gasteiger partial charge in [0.2, 0.25) is 0 Å². The van der Waals surface area contributed by atoms with Crippen LogP contribution in [0.1, 0.15) is 30.5 Å². The van der Waals surface area contributed by atoms with Gasteiger partial charge in [-0.15, -0.1) is 0 Å². The molecule has 0 unspecified atom stereocenters.